The Labute approximate surface area is 168 Å². The molecular formula is C21H24FN5O2. The lowest BCUT2D eigenvalue weighted by Gasteiger charge is -2.09. The molecule has 0 atom stereocenters. The van der Waals surface area contributed by atoms with Gasteiger partial charge in [0.2, 0.25) is 5.82 Å². The van der Waals surface area contributed by atoms with Crippen molar-refractivity contribution in [2.75, 3.05) is 27.2 Å². The van der Waals surface area contributed by atoms with E-state index in [0.717, 1.165) is 13.0 Å². The molecule has 0 spiro atoms. The molecule has 2 heterocycles. The smallest absolute Gasteiger partial charge is 0.287 e. The van der Waals surface area contributed by atoms with Gasteiger partial charge in [-0.3, -0.25) is 14.0 Å². The highest BCUT2D eigenvalue weighted by Gasteiger charge is 2.21. The zero-order valence-corrected chi connectivity index (χ0v) is 16.5. The summed E-state index contributed by atoms with van der Waals surface area (Å²) in [5, 5.41) is 5.51. The Morgan fingerprint density at radius 3 is 2.59 bits per heavy atom. The topological polar surface area (TPSA) is 78.7 Å². The number of aromatic nitrogens is 2. The SMILES string of the molecule is CN(C)CCCNC(=O)c1nc(C(=O)NCc2ccccc2F)c2ccccn12. The number of carbonyl (C=O) groups excluding carboxylic acids is 2. The summed E-state index contributed by atoms with van der Waals surface area (Å²) < 4.78 is 15.4. The molecule has 8 heteroatoms. The minimum absolute atomic E-state index is 0.0312. The molecule has 2 N–H and O–H groups in total. The molecule has 152 valence electrons. The maximum absolute atomic E-state index is 13.8. The van der Waals surface area contributed by atoms with E-state index in [0.29, 0.717) is 17.6 Å². The lowest BCUT2D eigenvalue weighted by molar-refractivity contribution is 0.0941. The largest absolute Gasteiger partial charge is 0.349 e. The Morgan fingerprint density at radius 1 is 1.07 bits per heavy atom. The number of halogens is 1. The second-order valence-corrected chi connectivity index (χ2v) is 6.93. The fraction of sp³-hybridized carbons (Fsp3) is 0.286. The molecule has 0 unspecified atom stereocenters. The van der Waals surface area contributed by atoms with E-state index >= 15 is 0 Å². The first kappa shape index (κ1) is 20.5. The number of hydrogen-bond acceptors (Lipinski definition) is 4. The third-order valence-electron chi connectivity index (χ3n) is 4.43. The first-order valence-corrected chi connectivity index (χ1v) is 9.39. The van der Waals surface area contributed by atoms with E-state index in [4.69, 9.17) is 0 Å². The van der Waals surface area contributed by atoms with E-state index in [1.807, 2.05) is 19.0 Å². The van der Waals surface area contributed by atoms with Crippen LogP contribution in [0.2, 0.25) is 0 Å². The number of nitrogens with one attached hydrogen (secondary N) is 2. The van der Waals surface area contributed by atoms with Crippen molar-refractivity contribution in [1.29, 1.82) is 0 Å². The Balaban J connectivity index is 1.75. The molecular weight excluding hydrogens is 373 g/mol. The fourth-order valence-corrected chi connectivity index (χ4v) is 2.94. The van der Waals surface area contributed by atoms with Crippen LogP contribution >= 0.6 is 0 Å². The van der Waals surface area contributed by atoms with Gasteiger partial charge >= 0.3 is 0 Å². The van der Waals surface area contributed by atoms with E-state index in [9.17, 15) is 14.0 Å². The van der Waals surface area contributed by atoms with Gasteiger partial charge in [-0.25, -0.2) is 9.37 Å². The number of carbonyl (C=O) groups is 2. The van der Waals surface area contributed by atoms with E-state index < -0.39 is 5.91 Å². The summed E-state index contributed by atoms with van der Waals surface area (Å²) >= 11 is 0. The number of nitrogens with zero attached hydrogens (tertiary/aromatic N) is 3. The number of rotatable bonds is 8. The molecule has 3 rings (SSSR count). The van der Waals surface area contributed by atoms with Gasteiger partial charge in [-0.05, 0) is 45.3 Å². The summed E-state index contributed by atoms with van der Waals surface area (Å²) in [6.07, 6.45) is 2.49. The van der Waals surface area contributed by atoms with E-state index in [1.165, 1.54) is 6.07 Å². The average molecular weight is 397 g/mol. The average Bonchev–Trinajstić information content (AvgIpc) is 3.10. The van der Waals surface area contributed by atoms with Crippen LogP contribution < -0.4 is 10.6 Å². The molecule has 2 amide bonds. The molecule has 0 aliphatic carbocycles. The predicted octanol–water partition coefficient (Wildman–Crippen LogP) is 2.08. The van der Waals surface area contributed by atoms with Gasteiger partial charge in [0, 0.05) is 24.8 Å². The van der Waals surface area contributed by atoms with Crippen LogP contribution in [0.15, 0.2) is 48.7 Å². The summed E-state index contributed by atoms with van der Waals surface area (Å²) in [6.45, 7) is 1.39. The molecule has 3 aromatic rings. The normalized spacial score (nSPS) is 11.0. The van der Waals surface area contributed by atoms with Crippen molar-refractivity contribution in [3.05, 3.63) is 71.6 Å². The number of fused-ring (bicyclic) bond motifs is 1. The second kappa shape index (κ2) is 9.29. The third-order valence-corrected chi connectivity index (χ3v) is 4.43. The minimum Gasteiger partial charge on any atom is -0.349 e. The third kappa shape index (κ3) is 4.97. The van der Waals surface area contributed by atoms with Crippen LogP contribution in [-0.4, -0.2) is 53.3 Å². The predicted molar refractivity (Wildman–Crippen MR) is 108 cm³/mol. The van der Waals surface area contributed by atoms with Crippen LogP contribution in [-0.2, 0) is 6.54 Å². The summed E-state index contributed by atoms with van der Waals surface area (Å²) in [4.78, 5) is 31.6. The van der Waals surface area contributed by atoms with Gasteiger partial charge in [0.05, 0.1) is 5.52 Å². The molecule has 2 aromatic heterocycles. The van der Waals surface area contributed by atoms with E-state index in [1.54, 1.807) is 47.0 Å². The first-order valence-electron chi connectivity index (χ1n) is 9.39. The molecule has 0 saturated heterocycles. The molecule has 1 aromatic carbocycles. The number of pyridine rings is 1. The minimum atomic E-state index is -0.469. The molecule has 0 aliphatic rings. The van der Waals surface area contributed by atoms with Crippen LogP contribution in [0.1, 0.15) is 33.1 Å². The van der Waals surface area contributed by atoms with Gasteiger partial charge < -0.3 is 15.5 Å². The Bertz CT molecular complexity index is 1020. The lowest BCUT2D eigenvalue weighted by atomic mass is 10.2. The van der Waals surface area contributed by atoms with Gasteiger partial charge in [-0.1, -0.05) is 24.3 Å². The van der Waals surface area contributed by atoms with Crippen molar-refractivity contribution in [1.82, 2.24) is 24.9 Å². The van der Waals surface area contributed by atoms with Gasteiger partial charge in [-0.15, -0.1) is 0 Å². The summed E-state index contributed by atoms with van der Waals surface area (Å²) in [7, 11) is 3.94. The van der Waals surface area contributed by atoms with Gasteiger partial charge in [0.1, 0.15) is 5.82 Å². The van der Waals surface area contributed by atoms with Crippen molar-refractivity contribution in [2.24, 2.45) is 0 Å². The number of benzene rings is 1. The Morgan fingerprint density at radius 2 is 1.83 bits per heavy atom. The second-order valence-electron chi connectivity index (χ2n) is 6.93. The first-order chi connectivity index (χ1) is 14.0. The van der Waals surface area contributed by atoms with Crippen molar-refractivity contribution < 1.29 is 14.0 Å². The van der Waals surface area contributed by atoms with Gasteiger partial charge in [0.25, 0.3) is 11.8 Å². The molecule has 29 heavy (non-hydrogen) atoms. The van der Waals surface area contributed by atoms with Crippen LogP contribution in [0.4, 0.5) is 4.39 Å². The monoisotopic (exact) mass is 397 g/mol. The maximum atomic E-state index is 13.8. The summed E-state index contributed by atoms with van der Waals surface area (Å²) in [5.74, 6) is -1.07. The van der Waals surface area contributed by atoms with Crippen LogP contribution in [0.25, 0.3) is 5.52 Å². The zero-order valence-electron chi connectivity index (χ0n) is 16.5. The molecule has 7 nitrogen and oxygen atoms in total. The molecule has 0 saturated carbocycles. The van der Waals surface area contributed by atoms with E-state index in [-0.39, 0.29) is 29.8 Å². The number of amides is 2. The Hall–Kier alpha value is -3.26. The van der Waals surface area contributed by atoms with Gasteiger partial charge in [-0.2, -0.15) is 0 Å². The fourth-order valence-electron chi connectivity index (χ4n) is 2.94. The molecule has 0 fully saturated rings. The number of imidazole rings is 1. The van der Waals surface area contributed by atoms with Crippen molar-refractivity contribution in [2.45, 2.75) is 13.0 Å². The maximum Gasteiger partial charge on any atom is 0.287 e. The lowest BCUT2D eigenvalue weighted by Crippen LogP contribution is -2.29. The van der Waals surface area contributed by atoms with Crippen molar-refractivity contribution in [3.8, 4) is 0 Å². The van der Waals surface area contributed by atoms with Crippen molar-refractivity contribution in [3.63, 3.8) is 0 Å². The summed E-state index contributed by atoms with van der Waals surface area (Å²) in [5.41, 5.74) is 1.01. The Kier molecular flexibility index (Phi) is 6.56. The summed E-state index contributed by atoms with van der Waals surface area (Å²) in [6, 6.07) is 11.5. The highest BCUT2D eigenvalue weighted by atomic mass is 19.1. The molecule has 0 aliphatic heterocycles. The quantitative estimate of drug-likeness (QED) is 0.571. The van der Waals surface area contributed by atoms with E-state index in [2.05, 4.69) is 15.6 Å². The molecule has 0 radical (unpaired) electrons. The standard InChI is InChI=1S/C21H24FN5O2/c1-26(2)12-7-11-23-21(29)19-25-18(17-10-5-6-13-27(17)19)20(28)24-14-15-8-3-4-9-16(15)22/h3-6,8-10,13H,7,11-12,14H2,1-2H3,(H,23,29)(H,24,28). The zero-order chi connectivity index (χ0) is 20.8. The highest BCUT2D eigenvalue weighted by molar-refractivity contribution is 6.02. The van der Waals surface area contributed by atoms with Crippen LogP contribution in [0.5, 0.6) is 0 Å². The van der Waals surface area contributed by atoms with Crippen LogP contribution in [0, 0.1) is 5.82 Å². The highest BCUT2D eigenvalue weighted by Crippen LogP contribution is 2.14. The van der Waals surface area contributed by atoms with Gasteiger partial charge in [0.15, 0.2) is 5.69 Å². The molecule has 0 bridgehead atoms. The van der Waals surface area contributed by atoms with Crippen molar-refractivity contribution >= 4 is 17.3 Å². The van der Waals surface area contributed by atoms with Crippen LogP contribution in [0.3, 0.4) is 0 Å². The number of hydrogen-bond donors (Lipinski definition) is 2.